The monoisotopic (exact) mass is 529 g/mol. The standard InChI is InChI=1S/C24H26ClN3OS.C2H2O4/c1-15(29)27-19-3-5-24-20(11-19)17(14-30-24)13-28-8-6-16(7-9-28)22-12-26-23-4-2-18(25)10-21(22)23;3-1(4)2(5)6/h2-5,10-12,16-17,26H,6-9,13-14H2,1H3,(H,27,29);(H,3,4)(H,5,6). The molecule has 1 amide bonds. The Kier molecular flexibility index (Phi) is 8.23. The van der Waals surface area contributed by atoms with Gasteiger partial charge in [0.1, 0.15) is 0 Å². The Bertz CT molecular complexity index is 1270. The lowest BCUT2D eigenvalue weighted by molar-refractivity contribution is -0.159. The molecule has 0 radical (unpaired) electrons. The predicted octanol–water partition coefficient (Wildman–Crippen LogP) is 5.00. The van der Waals surface area contributed by atoms with Crippen LogP contribution in [-0.4, -0.2) is 63.3 Å². The molecule has 8 nitrogen and oxygen atoms in total. The molecule has 36 heavy (non-hydrogen) atoms. The van der Waals surface area contributed by atoms with Crippen LogP contribution in [0.1, 0.15) is 42.7 Å². The molecule has 4 N–H and O–H groups in total. The number of piperidine rings is 1. The van der Waals surface area contributed by atoms with Crippen molar-refractivity contribution in [1.82, 2.24) is 9.88 Å². The number of benzene rings is 2. The molecule has 190 valence electrons. The zero-order valence-corrected chi connectivity index (χ0v) is 21.4. The highest BCUT2D eigenvalue weighted by molar-refractivity contribution is 7.99. The van der Waals surface area contributed by atoms with Crippen LogP contribution in [-0.2, 0) is 14.4 Å². The third-order valence-corrected chi connectivity index (χ3v) is 8.06. The van der Waals surface area contributed by atoms with Gasteiger partial charge in [-0.2, -0.15) is 0 Å². The Labute approximate surface area is 218 Å². The number of carboxylic acid groups (broad SMARTS) is 2. The summed E-state index contributed by atoms with van der Waals surface area (Å²) in [7, 11) is 0. The number of aliphatic carboxylic acids is 2. The minimum Gasteiger partial charge on any atom is -0.473 e. The van der Waals surface area contributed by atoms with Crippen LogP contribution >= 0.6 is 23.4 Å². The van der Waals surface area contributed by atoms with Crippen LogP contribution in [0.4, 0.5) is 5.69 Å². The number of carbonyl (C=O) groups excluding carboxylic acids is 1. The largest absolute Gasteiger partial charge is 0.473 e. The number of fused-ring (bicyclic) bond motifs is 2. The number of aromatic nitrogens is 1. The first kappa shape index (κ1) is 26.1. The zero-order chi connectivity index (χ0) is 25.8. The van der Waals surface area contributed by atoms with Crippen LogP contribution in [0.15, 0.2) is 47.5 Å². The highest BCUT2D eigenvalue weighted by Crippen LogP contribution is 2.42. The quantitative estimate of drug-likeness (QED) is 0.350. The Hall–Kier alpha value is -3.01. The van der Waals surface area contributed by atoms with E-state index in [-0.39, 0.29) is 5.91 Å². The number of rotatable bonds is 4. The Morgan fingerprint density at radius 2 is 1.81 bits per heavy atom. The molecule has 2 aliphatic rings. The number of H-pyrrole nitrogens is 1. The summed E-state index contributed by atoms with van der Waals surface area (Å²) in [6.45, 7) is 4.90. The van der Waals surface area contributed by atoms with Gasteiger partial charge in [-0.05, 0) is 79.4 Å². The van der Waals surface area contributed by atoms with Gasteiger partial charge in [-0.25, -0.2) is 9.59 Å². The van der Waals surface area contributed by atoms with Gasteiger partial charge >= 0.3 is 11.9 Å². The fourth-order valence-electron chi connectivity index (χ4n) is 4.90. The first-order valence-corrected chi connectivity index (χ1v) is 13.1. The van der Waals surface area contributed by atoms with Crippen LogP contribution in [0.2, 0.25) is 5.02 Å². The van der Waals surface area contributed by atoms with Crippen LogP contribution in [0.25, 0.3) is 10.9 Å². The van der Waals surface area contributed by atoms with Crippen molar-refractivity contribution in [2.24, 2.45) is 0 Å². The summed E-state index contributed by atoms with van der Waals surface area (Å²) in [6, 6.07) is 12.4. The van der Waals surface area contributed by atoms with Crippen LogP contribution in [0, 0.1) is 0 Å². The molecule has 2 aliphatic heterocycles. The number of anilines is 1. The zero-order valence-electron chi connectivity index (χ0n) is 19.8. The number of nitrogens with one attached hydrogen (secondary N) is 2. The fourth-order valence-corrected chi connectivity index (χ4v) is 6.30. The van der Waals surface area contributed by atoms with Gasteiger partial charge < -0.3 is 25.4 Å². The minimum atomic E-state index is -1.82. The van der Waals surface area contributed by atoms with Gasteiger partial charge in [0.15, 0.2) is 0 Å². The summed E-state index contributed by atoms with van der Waals surface area (Å²) in [6.07, 6.45) is 4.53. The van der Waals surface area contributed by atoms with Gasteiger partial charge in [0.25, 0.3) is 0 Å². The van der Waals surface area contributed by atoms with Gasteiger partial charge in [0.2, 0.25) is 5.91 Å². The van der Waals surface area contributed by atoms with Crippen LogP contribution in [0.3, 0.4) is 0 Å². The van der Waals surface area contributed by atoms with Crippen molar-refractivity contribution >= 4 is 57.8 Å². The topological polar surface area (TPSA) is 123 Å². The second-order valence-electron chi connectivity index (χ2n) is 9.06. The van der Waals surface area contributed by atoms with E-state index in [0.29, 0.717) is 11.8 Å². The molecule has 0 saturated carbocycles. The average molecular weight is 530 g/mol. The summed E-state index contributed by atoms with van der Waals surface area (Å²) in [5.74, 6) is -1.42. The van der Waals surface area contributed by atoms with E-state index >= 15 is 0 Å². The van der Waals surface area contributed by atoms with Gasteiger partial charge in [-0.3, -0.25) is 4.79 Å². The molecule has 5 rings (SSSR count). The number of nitrogens with zero attached hydrogens (tertiary/aromatic N) is 1. The predicted molar refractivity (Wildman–Crippen MR) is 141 cm³/mol. The van der Waals surface area contributed by atoms with Crippen molar-refractivity contribution in [1.29, 1.82) is 0 Å². The number of hydrogen-bond acceptors (Lipinski definition) is 5. The third-order valence-electron chi connectivity index (χ3n) is 6.57. The minimum absolute atomic E-state index is 0.0159. The fraction of sp³-hybridized carbons (Fsp3) is 0.346. The summed E-state index contributed by atoms with van der Waals surface area (Å²) in [5.41, 5.74) is 4.88. The van der Waals surface area contributed by atoms with E-state index in [1.54, 1.807) is 6.92 Å². The molecule has 3 aromatic rings. The molecule has 1 atom stereocenters. The SMILES string of the molecule is CC(=O)Nc1ccc2c(c1)C(CN1CCC(c3c[nH]c4ccc(Cl)cc34)CC1)CS2.O=C(O)C(=O)O. The third kappa shape index (κ3) is 6.21. The van der Waals surface area contributed by atoms with Gasteiger partial charge in [0.05, 0.1) is 0 Å². The van der Waals surface area contributed by atoms with Crippen molar-refractivity contribution < 1.29 is 24.6 Å². The molecule has 1 saturated heterocycles. The highest BCUT2D eigenvalue weighted by atomic mass is 35.5. The normalized spacial score (nSPS) is 17.8. The van der Waals surface area contributed by atoms with Crippen molar-refractivity contribution in [2.75, 3.05) is 30.7 Å². The van der Waals surface area contributed by atoms with E-state index in [0.717, 1.165) is 36.1 Å². The van der Waals surface area contributed by atoms with E-state index in [9.17, 15) is 4.79 Å². The summed E-state index contributed by atoms with van der Waals surface area (Å²) in [5, 5.41) is 19.8. The highest BCUT2D eigenvalue weighted by Gasteiger charge is 2.29. The van der Waals surface area contributed by atoms with Gasteiger partial charge in [0, 0.05) is 57.8 Å². The van der Waals surface area contributed by atoms with E-state index in [1.165, 1.54) is 39.8 Å². The lowest BCUT2D eigenvalue weighted by atomic mass is 9.88. The van der Waals surface area contributed by atoms with Crippen LogP contribution < -0.4 is 5.32 Å². The van der Waals surface area contributed by atoms with Crippen molar-refractivity contribution in [3.63, 3.8) is 0 Å². The van der Waals surface area contributed by atoms with Crippen molar-refractivity contribution in [3.05, 3.63) is 58.7 Å². The Balaban J connectivity index is 0.000000455. The molecule has 0 aliphatic carbocycles. The molecule has 1 fully saturated rings. The molecule has 0 spiro atoms. The number of carbonyl (C=O) groups is 3. The van der Waals surface area contributed by atoms with Gasteiger partial charge in [-0.1, -0.05) is 11.6 Å². The summed E-state index contributed by atoms with van der Waals surface area (Å²) < 4.78 is 0. The molecule has 2 aromatic carbocycles. The number of aromatic amines is 1. The van der Waals surface area contributed by atoms with Gasteiger partial charge in [-0.15, -0.1) is 11.8 Å². The number of thioether (sulfide) groups is 1. The number of hydrogen-bond donors (Lipinski definition) is 4. The molecule has 3 heterocycles. The molecular weight excluding hydrogens is 502 g/mol. The number of likely N-dealkylation sites (tertiary alicyclic amines) is 1. The average Bonchev–Trinajstić information content (AvgIpc) is 3.43. The molecular formula is C26H28ClN3O5S. The Morgan fingerprint density at radius 1 is 1.08 bits per heavy atom. The lowest BCUT2D eigenvalue weighted by Crippen LogP contribution is -2.36. The van der Waals surface area contributed by atoms with E-state index in [4.69, 9.17) is 31.4 Å². The number of halogens is 1. The maximum Gasteiger partial charge on any atom is 0.414 e. The second kappa shape index (κ2) is 11.4. The van der Waals surface area contributed by atoms with Crippen molar-refractivity contribution in [3.8, 4) is 0 Å². The second-order valence-corrected chi connectivity index (χ2v) is 10.6. The summed E-state index contributed by atoms with van der Waals surface area (Å²) in [4.78, 5) is 37.0. The van der Waals surface area contributed by atoms with E-state index < -0.39 is 11.9 Å². The van der Waals surface area contributed by atoms with Crippen molar-refractivity contribution in [2.45, 2.75) is 36.5 Å². The molecule has 1 aromatic heterocycles. The van der Waals surface area contributed by atoms with E-state index in [1.807, 2.05) is 23.9 Å². The molecule has 10 heteroatoms. The number of amides is 1. The first-order valence-electron chi connectivity index (χ1n) is 11.7. The smallest absolute Gasteiger partial charge is 0.414 e. The van der Waals surface area contributed by atoms with E-state index in [2.05, 4.69) is 45.7 Å². The first-order chi connectivity index (χ1) is 17.2. The lowest BCUT2D eigenvalue weighted by Gasteiger charge is -2.33. The van der Waals surface area contributed by atoms with Crippen LogP contribution in [0.5, 0.6) is 0 Å². The molecule has 0 bridgehead atoms. The molecule has 1 unspecified atom stereocenters. The maximum absolute atomic E-state index is 11.4. The summed E-state index contributed by atoms with van der Waals surface area (Å²) >= 11 is 8.18. The Morgan fingerprint density at radius 3 is 2.47 bits per heavy atom. The maximum atomic E-state index is 11.4. The number of carboxylic acids is 2.